The summed E-state index contributed by atoms with van der Waals surface area (Å²) in [6, 6.07) is 3.24. The van der Waals surface area contributed by atoms with E-state index in [0.29, 0.717) is 11.3 Å². The van der Waals surface area contributed by atoms with Gasteiger partial charge in [-0.2, -0.15) is 0 Å². The molecule has 0 aromatic carbocycles. The first kappa shape index (κ1) is 14.3. The number of oxime groups is 1. The Kier molecular flexibility index (Phi) is 3.92. The first-order chi connectivity index (χ1) is 9.43. The third-order valence-corrected chi connectivity index (χ3v) is 3.57. The molecule has 0 atom stereocenters. The monoisotopic (exact) mass is 276 g/mol. The molecule has 0 saturated carbocycles. The maximum atomic E-state index is 12.4. The van der Waals surface area contributed by atoms with Crippen LogP contribution in [-0.2, 0) is 0 Å². The van der Waals surface area contributed by atoms with Gasteiger partial charge >= 0.3 is 0 Å². The number of pyridine rings is 1. The maximum Gasteiger partial charge on any atom is 0.272 e. The Morgan fingerprint density at radius 1 is 1.50 bits per heavy atom. The van der Waals surface area contributed by atoms with Gasteiger partial charge in [-0.1, -0.05) is 19.0 Å². The molecule has 6 nitrogen and oxygen atoms in total. The molecule has 1 fully saturated rings. The van der Waals surface area contributed by atoms with Crippen LogP contribution in [0.2, 0.25) is 0 Å². The Labute approximate surface area is 118 Å². The molecule has 0 aliphatic carbocycles. The molecule has 1 aromatic rings. The topological polar surface area (TPSA) is 91.8 Å². The second kappa shape index (κ2) is 5.48. The van der Waals surface area contributed by atoms with Crippen LogP contribution in [0.3, 0.4) is 0 Å². The first-order valence-corrected chi connectivity index (χ1v) is 6.66. The molecule has 0 radical (unpaired) electrons. The van der Waals surface area contributed by atoms with Crippen LogP contribution in [0.15, 0.2) is 23.5 Å². The zero-order chi connectivity index (χ0) is 14.8. The van der Waals surface area contributed by atoms with Crippen LogP contribution in [-0.4, -0.2) is 39.9 Å². The smallest absolute Gasteiger partial charge is 0.272 e. The van der Waals surface area contributed by atoms with Crippen molar-refractivity contribution in [2.45, 2.75) is 26.7 Å². The second-order valence-corrected chi connectivity index (χ2v) is 5.91. The van der Waals surface area contributed by atoms with Crippen LogP contribution in [0, 0.1) is 5.41 Å². The van der Waals surface area contributed by atoms with Crippen LogP contribution in [0.5, 0.6) is 0 Å². The molecule has 108 valence electrons. The van der Waals surface area contributed by atoms with Crippen molar-refractivity contribution in [3.05, 3.63) is 29.6 Å². The molecule has 2 heterocycles. The van der Waals surface area contributed by atoms with Gasteiger partial charge in [0.15, 0.2) is 5.84 Å². The van der Waals surface area contributed by atoms with E-state index in [0.717, 1.165) is 25.9 Å². The Bertz CT molecular complexity index is 522. The lowest BCUT2D eigenvalue weighted by atomic mass is 9.84. The van der Waals surface area contributed by atoms with Crippen LogP contribution in [0.4, 0.5) is 0 Å². The number of carbonyl (C=O) groups is 1. The molecule has 20 heavy (non-hydrogen) atoms. The zero-order valence-electron chi connectivity index (χ0n) is 11.8. The normalized spacial score (nSPS) is 18.9. The number of rotatable bonds is 2. The minimum atomic E-state index is -0.0659. The minimum absolute atomic E-state index is 0.0180. The van der Waals surface area contributed by atoms with Crippen molar-refractivity contribution in [3.8, 4) is 0 Å². The minimum Gasteiger partial charge on any atom is -0.409 e. The summed E-state index contributed by atoms with van der Waals surface area (Å²) in [6.07, 6.45) is 3.59. The van der Waals surface area contributed by atoms with Gasteiger partial charge in [0.2, 0.25) is 0 Å². The van der Waals surface area contributed by atoms with Gasteiger partial charge in [-0.3, -0.25) is 9.78 Å². The fourth-order valence-corrected chi connectivity index (χ4v) is 2.49. The van der Waals surface area contributed by atoms with Gasteiger partial charge in [0.25, 0.3) is 5.91 Å². The lowest BCUT2D eigenvalue weighted by Crippen LogP contribution is -2.43. The van der Waals surface area contributed by atoms with Crippen LogP contribution >= 0.6 is 0 Å². The Hall–Kier alpha value is -2.11. The van der Waals surface area contributed by atoms with Gasteiger partial charge in [-0.05, 0) is 30.4 Å². The largest absolute Gasteiger partial charge is 0.409 e. The van der Waals surface area contributed by atoms with Gasteiger partial charge in [0.1, 0.15) is 5.69 Å². The predicted molar refractivity (Wildman–Crippen MR) is 75.7 cm³/mol. The van der Waals surface area contributed by atoms with Crippen molar-refractivity contribution in [1.82, 2.24) is 9.88 Å². The lowest BCUT2D eigenvalue weighted by molar-refractivity contribution is 0.0577. The number of amides is 1. The van der Waals surface area contributed by atoms with Crippen LogP contribution < -0.4 is 5.73 Å². The van der Waals surface area contributed by atoms with E-state index in [9.17, 15) is 4.79 Å². The van der Waals surface area contributed by atoms with E-state index < -0.39 is 0 Å². The average molecular weight is 276 g/mol. The third kappa shape index (κ3) is 3.07. The maximum absolute atomic E-state index is 12.4. The standard InChI is InChI=1S/C14H20N4O2/c1-14(2)6-3-7-18(9-14)13(19)11-5-4-10(8-16-11)12(15)17-20/h4-5,8,20H,3,6-7,9H2,1-2H3,(H2,15,17). The van der Waals surface area contributed by atoms with Gasteiger partial charge in [0, 0.05) is 24.8 Å². The lowest BCUT2D eigenvalue weighted by Gasteiger charge is -2.37. The van der Waals surface area contributed by atoms with Crippen molar-refractivity contribution in [3.63, 3.8) is 0 Å². The molecule has 0 spiro atoms. The SMILES string of the molecule is CC1(C)CCCN(C(=O)c2ccc(C(N)=NO)cn2)C1. The number of nitrogens with two attached hydrogens (primary N) is 1. The summed E-state index contributed by atoms with van der Waals surface area (Å²) in [5, 5.41) is 11.5. The fourth-order valence-electron chi connectivity index (χ4n) is 2.49. The number of hydrogen-bond acceptors (Lipinski definition) is 4. The van der Waals surface area contributed by atoms with Gasteiger partial charge < -0.3 is 15.8 Å². The molecule has 0 unspecified atom stereocenters. The van der Waals surface area contributed by atoms with E-state index in [-0.39, 0.29) is 17.2 Å². The molecule has 2 rings (SSSR count). The van der Waals surface area contributed by atoms with E-state index >= 15 is 0 Å². The summed E-state index contributed by atoms with van der Waals surface area (Å²) >= 11 is 0. The molecule has 0 bridgehead atoms. The second-order valence-electron chi connectivity index (χ2n) is 5.91. The first-order valence-electron chi connectivity index (χ1n) is 6.66. The van der Waals surface area contributed by atoms with Crippen molar-refractivity contribution < 1.29 is 10.0 Å². The van der Waals surface area contributed by atoms with Crippen molar-refractivity contribution in [2.75, 3.05) is 13.1 Å². The highest BCUT2D eigenvalue weighted by Gasteiger charge is 2.29. The molecule has 3 N–H and O–H groups in total. The van der Waals surface area contributed by atoms with E-state index in [1.807, 2.05) is 4.90 Å². The Balaban J connectivity index is 2.13. The highest BCUT2D eigenvalue weighted by Crippen LogP contribution is 2.28. The fraction of sp³-hybridized carbons (Fsp3) is 0.500. The zero-order valence-corrected chi connectivity index (χ0v) is 11.8. The van der Waals surface area contributed by atoms with E-state index in [2.05, 4.69) is 24.0 Å². The molecule has 1 aliphatic rings. The highest BCUT2D eigenvalue weighted by molar-refractivity contribution is 5.98. The van der Waals surface area contributed by atoms with Gasteiger partial charge in [0.05, 0.1) is 0 Å². The van der Waals surface area contributed by atoms with Gasteiger partial charge in [-0.15, -0.1) is 0 Å². The molecule has 1 saturated heterocycles. The van der Waals surface area contributed by atoms with Crippen molar-refractivity contribution in [1.29, 1.82) is 0 Å². The molecule has 1 amide bonds. The third-order valence-electron chi connectivity index (χ3n) is 3.57. The van der Waals surface area contributed by atoms with Crippen LogP contribution in [0.25, 0.3) is 0 Å². The summed E-state index contributed by atoms with van der Waals surface area (Å²) in [6.45, 7) is 5.85. The van der Waals surface area contributed by atoms with E-state index in [1.165, 1.54) is 6.20 Å². The van der Waals surface area contributed by atoms with Gasteiger partial charge in [-0.25, -0.2) is 0 Å². The number of aromatic nitrogens is 1. The summed E-state index contributed by atoms with van der Waals surface area (Å²) < 4.78 is 0. The van der Waals surface area contributed by atoms with Crippen molar-refractivity contribution >= 4 is 11.7 Å². The number of piperidine rings is 1. The van der Waals surface area contributed by atoms with Crippen LogP contribution in [0.1, 0.15) is 42.7 Å². The molecule has 1 aromatic heterocycles. The number of amidine groups is 1. The Morgan fingerprint density at radius 2 is 2.25 bits per heavy atom. The molecular formula is C14H20N4O2. The predicted octanol–water partition coefficient (Wildman–Crippen LogP) is 1.44. The van der Waals surface area contributed by atoms with E-state index in [4.69, 9.17) is 10.9 Å². The van der Waals surface area contributed by atoms with Crippen molar-refractivity contribution in [2.24, 2.45) is 16.3 Å². The summed E-state index contributed by atoms with van der Waals surface area (Å²) in [5.41, 5.74) is 6.49. The Morgan fingerprint density at radius 3 is 2.80 bits per heavy atom. The summed E-state index contributed by atoms with van der Waals surface area (Å²) in [7, 11) is 0. The number of carbonyl (C=O) groups excluding carboxylic acids is 1. The average Bonchev–Trinajstić information content (AvgIpc) is 2.45. The van der Waals surface area contributed by atoms with E-state index in [1.54, 1.807) is 12.1 Å². The number of hydrogen-bond donors (Lipinski definition) is 2. The quantitative estimate of drug-likeness (QED) is 0.370. The highest BCUT2D eigenvalue weighted by atomic mass is 16.4. The molecule has 6 heteroatoms. The molecular weight excluding hydrogens is 256 g/mol. The summed E-state index contributed by atoms with van der Waals surface area (Å²) in [5.74, 6) is -0.0839. The molecule has 1 aliphatic heterocycles. The summed E-state index contributed by atoms with van der Waals surface area (Å²) in [4.78, 5) is 18.3. The number of likely N-dealkylation sites (tertiary alicyclic amines) is 1. The number of nitrogens with zero attached hydrogens (tertiary/aromatic N) is 3.